The molecule has 0 bridgehead atoms. The Labute approximate surface area is 133 Å². The molecular formula is C18H28N2O2. The molecule has 0 aromatic carbocycles. The molecule has 1 atom stereocenters. The summed E-state index contributed by atoms with van der Waals surface area (Å²) < 4.78 is 0. The fraction of sp³-hybridized carbons (Fsp3) is 0.611. The fourth-order valence-electron chi connectivity index (χ4n) is 2.15. The van der Waals surface area contributed by atoms with Crippen LogP contribution in [0.4, 0.5) is 0 Å². The Morgan fingerprint density at radius 1 is 1.18 bits per heavy atom. The van der Waals surface area contributed by atoms with Gasteiger partial charge in [-0.3, -0.25) is 14.6 Å². The molecule has 0 saturated heterocycles. The van der Waals surface area contributed by atoms with E-state index in [4.69, 9.17) is 0 Å². The van der Waals surface area contributed by atoms with Gasteiger partial charge in [0, 0.05) is 24.2 Å². The smallest absolute Gasteiger partial charge is 0.220 e. The molecule has 1 aromatic rings. The molecule has 1 amide bonds. The van der Waals surface area contributed by atoms with Crippen molar-refractivity contribution >= 4 is 11.7 Å². The van der Waals surface area contributed by atoms with Gasteiger partial charge in [-0.15, -0.1) is 0 Å². The standard InChI is InChI=1S/C18H28N2O2/c1-17(2,3)15(16(22)18(4,5)6)20-14(21)10-9-13-8-7-11-19-12-13/h7-8,11-12,15H,9-10H2,1-6H3,(H,20,21). The molecule has 4 heteroatoms. The van der Waals surface area contributed by atoms with Gasteiger partial charge in [-0.2, -0.15) is 0 Å². The summed E-state index contributed by atoms with van der Waals surface area (Å²) in [4.78, 5) is 28.9. The molecule has 0 radical (unpaired) electrons. The van der Waals surface area contributed by atoms with Crippen molar-refractivity contribution in [2.75, 3.05) is 0 Å². The third kappa shape index (κ3) is 5.58. The van der Waals surface area contributed by atoms with Gasteiger partial charge in [0.1, 0.15) is 0 Å². The number of hydrogen-bond acceptors (Lipinski definition) is 3. The Bertz CT molecular complexity index is 510. The van der Waals surface area contributed by atoms with Crippen LogP contribution in [-0.2, 0) is 16.0 Å². The molecule has 0 spiro atoms. The molecular weight excluding hydrogens is 276 g/mol. The Balaban J connectivity index is 2.70. The van der Waals surface area contributed by atoms with Crippen molar-refractivity contribution in [2.45, 2.75) is 60.4 Å². The lowest BCUT2D eigenvalue weighted by Gasteiger charge is -2.34. The van der Waals surface area contributed by atoms with Crippen molar-refractivity contribution in [2.24, 2.45) is 10.8 Å². The molecule has 1 unspecified atom stereocenters. The normalized spacial score (nSPS) is 13.5. The number of pyridine rings is 1. The molecule has 1 aromatic heterocycles. The van der Waals surface area contributed by atoms with Gasteiger partial charge in [0.15, 0.2) is 5.78 Å². The molecule has 1 rings (SSSR count). The van der Waals surface area contributed by atoms with Gasteiger partial charge < -0.3 is 5.32 Å². The summed E-state index contributed by atoms with van der Waals surface area (Å²) in [5, 5.41) is 2.92. The second-order valence-electron chi connectivity index (χ2n) is 7.84. The monoisotopic (exact) mass is 304 g/mol. The molecule has 122 valence electrons. The van der Waals surface area contributed by atoms with Crippen LogP contribution in [0.3, 0.4) is 0 Å². The third-order valence-corrected chi connectivity index (χ3v) is 3.54. The van der Waals surface area contributed by atoms with Crippen LogP contribution in [0, 0.1) is 10.8 Å². The van der Waals surface area contributed by atoms with Crippen molar-refractivity contribution in [3.8, 4) is 0 Å². The number of nitrogens with zero attached hydrogens (tertiary/aromatic N) is 1. The predicted octanol–water partition coefficient (Wildman–Crippen LogP) is 3.16. The first kappa shape index (κ1) is 18.3. The Morgan fingerprint density at radius 2 is 1.82 bits per heavy atom. The minimum Gasteiger partial charge on any atom is -0.346 e. The highest BCUT2D eigenvalue weighted by Gasteiger charge is 2.38. The van der Waals surface area contributed by atoms with E-state index in [9.17, 15) is 9.59 Å². The van der Waals surface area contributed by atoms with Gasteiger partial charge in [0.25, 0.3) is 0 Å². The van der Waals surface area contributed by atoms with Crippen molar-refractivity contribution < 1.29 is 9.59 Å². The first-order valence-corrected chi connectivity index (χ1v) is 7.74. The number of aromatic nitrogens is 1. The molecule has 22 heavy (non-hydrogen) atoms. The summed E-state index contributed by atoms with van der Waals surface area (Å²) in [6.45, 7) is 11.6. The highest BCUT2D eigenvalue weighted by molar-refractivity contribution is 5.93. The summed E-state index contributed by atoms with van der Waals surface area (Å²) in [6.07, 6.45) is 4.45. The summed E-state index contributed by atoms with van der Waals surface area (Å²) in [7, 11) is 0. The quantitative estimate of drug-likeness (QED) is 0.909. The van der Waals surface area contributed by atoms with Crippen LogP contribution in [0.5, 0.6) is 0 Å². The third-order valence-electron chi connectivity index (χ3n) is 3.54. The molecule has 0 saturated carbocycles. The largest absolute Gasteiger partial charge is 0.346 e. The molecule has 4 nitrogen and oxygen atoms in total. The summed E-state index contributed by atoms with van der Waals surface area (Å²) in [5.74, 6) is -0.0314. The van der Waals surface area contributed by atoms with Crippen LogP contribution in [0.25, 0.3) is 0 Å². The number of carbonyl (C=O) groups is 2. The minimum atomic E-state index is -0.478. The average molecular weight is 304 g/mol. The molecule has 0 aliphatic heterocycles. The number of amides is 1. The molecule has 1 N–H and O–H groups in total. The summed E-state index contributed by atoms with van der Waals surface area (Å²) in [5.41, 5.74) is 0.232. The Hall–Kier alpha value is -1.71. The topological polar surface area (TPSA) is 59.1 Å². The van der Waals surface area contributed by atoms with Crippen molar-refractivity contribution in [1.29, 1.82) is 0 Å². The highest BCUT2D eigenvalue weighted by Crippen LogP contribution is 2.27. The van der Waals surface area contributed by atoms with E-state index in [0.717, 1.165) is 5.56 Å². The SMILES string of the molecule is CC(C)(C)C(=O)C(NC(=O)CCc1cccnc1)C(C)(C)C. The van der Waals surface area contributed by atoms with Gasteiger partial charge in [0.2, 0.25) is 5.91 Å². The van der Waals surface area contributed by atoms with Gasteiger partial charge in [-0.25, -0.2) is 0 Å². The molecule has 0 aliphatic rings. The zero-order valence-corrected chi connectivity index (χ0v) is 14.6. The second kappa shape index (κ2) is 7.03. The zero-order valence-electron chi connectivity index (χ0n) is 14.6. The van der Waals surface area contributed by atoms with E-state index >= 15 is 0 Å². The van der Waals surface area contributed by atoms with Crippen LogP contribution in [-0.4, -0.2) is 22.7 Å². The van der Waals surface area contributed by atoms with Gasteiger partial charge in [0.05, 0.1) is 6.04 Å². The first-order chi connectivity index (χ1) is 10.0. The van der Waals surface area contributed by atoms with Gasteiger partial charge in [-0.05, 0) is 23.5 Å². The van der Waals surface area contributed by atoms with Crippen LogP contribution in [0.15, 0.2) is 24.5 Å². The maximum atomic E-state index is 12.6. The van der Waals surface area contributed by atoms with Crippen LogP contribution < -0.4 is 5.32 Å². The summed E-state index contributed by atoms with van der Waals surface area (Å²) in [6, 6.07) is 3.32. The van der Waals surface area contributed by atoms with E-state index < -0.39 is 11.5 Å². The lowest BCUT2D eigenvalue weighted by atomic mass is 9.75. The minimum absolute atomic E-state index is 0.0646. The van der Waals surface area contributed by atoms with E-state index in [-0.39, 0.29) is 17.1 Å². The van der Waals surface area contributed by atoms with E-state index in [1.165, 1.54) is 0 Å². The average Bonchev–Trinajstić information content (AvgIpc) is 2.40. The number of aryl methyl sites for hydroxylation is 1. The number of carbonyl (C=O) groups excluding carboxylic acids is 2. The number of nitrogens with one attached hydrogen (secondary N) is 1. The molecule has 1 heterocycles. The van der Waals surface area contributed by atoms with Crippen molar-refractivity contribution in [1.82, 2.24) is 10.3 Å². The lowest BCUT2D eigenvalue weighted by molar-refractivity contribution is -0.135. The fourth-order valence-corrected chi connectivity index (χ4v) is 2.15. The van der Waals surface area contributed by atoms with E-state index in [0.29, 0.717) is 12.8 Å². The highest BCUT2D eigenvalue weighted by atomic mass is 16.2. The van der Waals surface area contributed by atoms with Crippen LogP contribution >= 0.6 is 0 Å². The van der Waals surface area contributed by atoms with Crippen molar-refractivity contribution in [3.05, 3.63) is 30.1 Å². The summed E-state index contributed by atoms with van der Waals surface area (Å²) >= 11 is 0. The number of rotatable bonds is 5. The van der Waals surface area contributed by atoms with Crippen LogP contribution in [0.1, 0.15) is 53.5 Å². The Morgan fingerprint density at radius 3 is 2.27 bits per heavy atom. The number of hydrogen-bond donors (Lipinski definition) is 1. The van der Waals surface area contributed by atoms with E-state index in [1.54, 1.807) is 12.4 Å². The van der Waals surface area contributed by atoms with Gasteiger partial charge >= 0.3 is 0 Å². The first-order valence-electron chi connectivity index (χ1n) is 7.74. The van der Waals surface area contributed by atoms with E-state index in [1.807, 2.05) is 53.7 Å². The van der Waals surface area contributed by atoms with E-state index in [2.05, 4.69) is 10.3 Å². The maximum Gasteiger partial charge on any atom is 0.220 e. The zero-order chi connectivity index (χ0) is 17.0. The maximum absolute atomic E-state index is 12.6. The Kier molecular flexibility index (Phi) is 5.86. The lowest BCUT2D eigenvalue weighted by Crippen LogP contribution is -2.52. The second-order valence-corrected chi connectivity index (χ2v) is 7.84. The van der Waals surface area contributed by atoms with Crippen molar-refractivity contribution in [3.63, 3.8) is 0 Å². The number of ketones is 1. The molecule has 0 aliphatic carbocycles. The predicted molar refractivity (Wildman–Crippen MR) is 88.4 cm³/mol. The number of Topliss-reactive ketones (excluding diaryl/α,β-unsaturated/α-hetero) is 1. The van der Waals surface area contributed by atoms with Crippen LogP contribution in [0.2, 0.25) is 0 Å². The molecule has 0 fully saturated rings. The van der Waals surface area contributed by atoms with Gasteiger partial charge in [-0.1, -0.05) is 47.6 Å².